The zero-order valence-electron chi connectivity index (χ0n) is 11.6. The van der Waals surface area contributed by atoms with Crippen molar-refractivity contribution in [3.63, 3.8) is 0 Å². The fourth-order valence-electron chi connectivity index (χ4n) is 2.50. The van der Waals surface area contributed by atoms with E-state index in [1.165, 1.54) is 10.9 Å². The molecule has 4 nitrogen and oxygen atoms in total. The van der Waals surface area contributed by atoms with Gasteiger partial charge < -0.3 is 4.98 Å². The number of nitrogens with zero attached hydrogens (tertiary/aromatic N) is 3. The normalized spacial score (nSPS) is 11.1. The van der Waals surface area contributed by atoms with Gasteiger partial charge in [0.15, 0.2) is 0 Å². The standard InChI is InChI=1S/C17H14N4/c1-12-2-4-15-14(8-12)9-16(20-15)13-3-5-17(19-10-13)21-7-6-18-11-21/h2-11,20H,1H3. The molecule has 0 atom stereocenters. The smallest absolute Gasteiger partial charge is 0.137 e. The average Bonchev–Trinajstić information content (AvgIpc) is 3.16. The van der Waals surface area contributed by atoms with E-state index in [9.17, 15) is 0 Å². The van der Waals surface area contributed by atoms with Gasteiger partial charge in [-0.15, -0.1) is 0 Å². The maximum Gasteiger partial charge on any atom is 0.137 e. The Labute approximate surface area is 122 Å². The van der Waals surface area contributed by atoms with E-state index in [-0.39, 0.29) is 0 Å². The molecule has 4 aromatic rings. The van der Waals surface area contributed by atoms with Crippen molar-refractivity contribution in [3.8, 4) is 17.1 Å². The maximum absolute atomic E-state index is 4.49. The summed E-state index contributed by atoms with van der Waals surface area (Å²) in [7, 11) is 0. The van der Waals surface area contributed by atoms with Gasteiger partial charge in [-0.25, -0.2) is 9.97 Å². The average molecular weight is 274 g/mol. The molecule has 0 fully saturated rings. The Bertz CT molecular complexity index is 886. The number of H-pyrrole nitrogens is 1. The van der Waals surface area contributed by atoms with Crippen LogP contribution >= 0.6 is 0 Å². The number of imidazole rings is 1. The van der Waals surface area contributed by atoms with Crippen LogP contribution in [-0.4, -0.2) is 19.5 Å². The molecule has 0 unspecified atom stereocenters. The van der Waals surface area contributed by atoms with E-state index >= 15 is 0 Å². The van der Waals surface area contributed by atoms with Crippen LogP contribution in [0.2, 0.25) is 0 Å². The molecule has 3 heterocycles. The van der Waals surface area contributed by atoms with Crippen LogP contribution in [0.1, 0.15) is 5.56 Å². The van der Waals surface area contributed by atoms with Crippen molar-refractivity contribution in [2.45, 2.75) is 6.92 Å². The van der Waals surface area contributed by atoms with E-state index in [0.29, 0.717) is 0 Å². The highest BCUT2D eigenvalue weighted by molar-refractivity contribution is 5.86. The van der Waals surface area contributed by atoms with Gasteiger partial charge in [0.25, 0.3) is 0 Å². The second-order valence-corrected chi connectivity index (χ2v) is 5.15. The third-order valence-corrected chi connectivity index (χ3v) is 3.60. The van der Waals surface area contributed by atoms with Gasteiger partial charge in [-0.3, -0.25) is 4.57 Å². The molecule has 0 saturated heterocycles. The summed E-state index contributed by atoms with van der Waals surface area (Å²) in [4.78, 5) is 12.0. The van der Waals surface area contributed by atoms with E-state index < -0.39 is 0 Å². The molecule has 0 aliphatic carbocycles. The summed E-state index contributed by atoms with van der Waals surface area (Å²) in [5, 5.41) is 1.23. The fourth-order valence-corrected chi connectivity index (χ4v) is 2.50. The summed E-state index contributed by atoms with van der Waals surface area (Å²) in [6.07, 6.45) is 7.25. The van der Waals surface area contributed by atoms with Gasteiger partial charge in [0, 0.05) is 40.8 Å². The van der Waals surface area contributed by atoms with Crippen molar-refractivity contribution in [2.24, 2.45) is 0 Å². The molecule has 4 rings (SSSR count). The second kappa shape index (κ2) is 4.59. The Balaban J connectivity index is 1.74. The Morgan fingerprint density at radius 3 is 2.81 bits per heavy atom. The van der Waals surface area contributed by atoms with Crippen molar-refractivity contribution in [3.05, 3.63) is 66.9 Å². The minimum atomic E-state index is 0.864. The van der Waals surface area contributed by atoms with Crippen LogP contribution in [0.4, 0.5) is 0 Å². The third-order valence-electron chi connectivity index (χ3n) is 3.60. The first-order valence-electron chi connectivity index (χ1n) is 6.84. The van der Waals surface area contributed by atoms with Gasteiger partial charge in [0.1, 0.15) is 12.1 Å². The molecule has 1 aromatic carbocycles. The maximum atomic E-state index is 4.49. The van der Waals surface area contributed by atoms with Crippen molar-refractivity contribution < 1.29 is 0 Å². The van der Waals surface area contributed by atoms with Crippen LogP contribution < -0.4 is 0 Å². The minimum absolute atomic E-state index is 0.864. The molecule has 0 aliphatic rings. The summed E-state index contributed by atoms with van der Waals surface area (Å²) in [6, 6.07) is 12.6. The van der Waals surface area contributed by atoms with Crippen LogP contribution in [0.25, 0.3) is 28.0 Å². The van der Waals surface area contributed by atoms with E-state index in [4.69, 9.17) is 0 Å². The second-order valence-electron chi connectivity index (χ2n) is 5.15. The quantitative estimate of drug-likeness (QED) is 0.605. The van der Waals surface area contributed by atoms with Crippen molar-refractivity contribution >= 4 is 10.9 Å². The first-order chi connectivity index (χ1) is 10.3. The molecule has 0 amide bonds. The molecule has 4 heteroatoms. The summed E-state index contributed by atoms with van der Waals surface area (Å²) >= 11 is 0. The van der Waals surface area contributed by atoms with Crippen LogP contribution in [0.5, 0.6) is 0 Å². The molecular formula is C17H14N4. The van der Waals surface area contributed by atoms with Gasteiger partial charge in [-0.1, -0.05) is 11.6 Å². The highest BCUT2D eigenvalue weighted by atomic mass is 15.1. The first kappa shape index (κ1) is 11.9. The Kier molecular flexibility index (Phi) is 2.60. The Morgan fingerprint density at radius 1 is 1.10 bits per heavy atom. The number of aryl methyl sites for hydroxylation is 1. The number of aromatic nitrogens is 4. The lowest BCUT2D eigenvalue weighted by Crippen LogP contribution is -1.93. The van der Waals surface area contributed by atoms with Crippen LogP contribution in [0.3, 0.4) is 0 Å². The lowest BCUT2D eigenvalue weighted by atomic mass is 10.1. The number of fused-ring (bicyclic) bond motifs is 1. The van der Waals surface area contributed by atoms with E-state index in [0.717, 1.165) is 22.6 Å². The van der Waals surface area contributed by atoms with Crippen molar-refractivity contribution in [1.82, 2.24) is 19.5 Å². The molecular weight excluding hydrogens is 260 g/mol. The van der Waals surface area contributed by atoms with Crippen LogP contribution in [-0.2, 0) is 0 Å². The molecule has 0 radical (unpaired) electrons. The number of nitrogens with one attached hydrogen (secondary N) is 1. The van der Waals surface area contributed by atoms with Crippen molar-refractivity contribution in [2.75, 3.05) is 0 Å². The highest BCUT2D eigenvalue weighted by Crippen LogP contribution is 2.24. The predicted octanol–water partition coefficient (Wildman–Crippen LogP) is 3.72. The van der Waals surface area contributed by atoms with E-state index in [2.05, 4.69) is 52.2 Å². The molecule has 1 N–H and O–H groups in total. The first-order valence-corrected chi connectivity index (χ1v) is 6.84. The zero-order chi connectivity index (χ0) is 14.2. The number of benzene rings is 1. The Morgan fingerprint density at radius 2 is 2.05 bits per heavy atom. The van der Waals surface area contributed by atoms with Gasteiger partial charge in [0.2, 0.25) is 0 Å². The monoisotopic (exact) mass is 274 g/mol. The largest absolute Gasteiger partial charge is 0.354 e. The molecule has 21 heavy (non-hydrogen) atoms. The molecule has 3 aromatic heterocycles. The SMILES string of the molecule is Cc1ccc2[nH]c(-c3ccc(-n4ccnc4)nc3)cc2c1. The van der Waals surface area contributed by atoms with Crippen LogP contribution in [0.15, 0.2) is 61.3 Å². The summed E-state index contributed by atoms with van der Waals surface area (Å²) in [5.74, 6) is 0.864. The van der Waals surface area contributed by atoms with Crippen LogP contribution in [0, 0.1) is 6.92 Å². The van der Waals surface area contributed by atoms with Gasteiger partial charge in [0.05, 0.1) is 0 Å². The number of aromatic amines is 1. The number of hydrogen-bond acceptors (Lipinski definition) is 2. The fraction of sp³-hybridized carbons (Fsp3) is 0.0588. The lowest BCUT2D eigenvalue weighted by molar-refractivity contribution is 0.993. The highest BCUT2D eigenvalue weighted by Gasteiger charge is 2.05. The predicted molar refractivity (Wildman–Crippen MR) is 83.4 cm³/mol. The number of rotatable bonds is 2. The molecule has 0 aliphatic heterocycles. The molecule has 0 spiro atoms. The molecule has 0 saturated carbocycles. The minimum Gasteiger partial charge on any atom is -0.354 e. The Hall–Kier alpha value is -2.88. The summed E-state index contributed by atoms with van der Waals surface area (Å²) < 4.78 is 1.89. The van der Waals surface area contributed by atoms with E-state index in [1.807, 2.05) is 23.0 Å². The van der Waals surface area contributed by atoms with Gasteiger partial charge in [-0.05, 0) is 37.3 Å². The molecule has 0 bridgehead atoms. The third kappa shape index (κ3) is 2.10. The number of pyridine rings is 1. The van der Waals surface area contributed by atoms with Gasteiger partial charge in [-0.2, -0.15) is 0 Å². The van der Waals surface area contributed by atoms with Crippen molar-refractivity contribution in [1.29, 1.82) is 0 Å². The topological polar surface area (TPSA) is 46.5 Å². The summed E-state index contributed by atoms with van der Waals surface area (Å²) in [6.45, 7) is 2.10. The lowest BCUT2D eigenvalue weighted by Gasteiger charge is -2.02. The zero-order valence-corrected chi connectivity index (χ0v) is 11.6. The van der Waals surface area contributed by atoms with Gasteiger partial charge >= 0.3 is 0 Å². The number of hydrogen-bond donors (Lipinski definition) is 1. The molecule has 102 valence electrons. The summed E-state index contributed by atoms with van der Waals surface area (Å²) in [5.41, 5.74) is 4.57. The van der Waals surface area contributed by atoms with E-state index in [1.54, 1.807) is 12.5 Å².